The molecule has 0 saturated carbocycles. The van der Waals surface area contributed by atoms with Gasteiger partial charge in [0.2, 0.25) is 0 Å². The molecule has 0 saturated heterocycles. The van der Waals surface area contributed by atoms with E-state index >= 15 is 0 Å². The second-order valence-electron chi connectivity index (χ2n) is 9.41. The molecule has 0 aliphatic carbocycles. The smallest absolute Gasteiger partial charge is 0.342 e. The van der Waals surface area contributed by atoms with Crippen LogP contribution in [0.1, 0.15) is 60.4 Å². The Morgan fingerprint density at radius 3 is 2.56 bits per heavy atom. The third-order valence-electron chi connectivity index (χ3n) is 5.72. The number of rotatable bonds is 3. The van der Waals surface area contributed by atoms with Gasteiger partial charge < -0.3 is 9.64 Å². The molecule has 0 unspecified atom stereocenters. The molecular formula is C25H28FN3O3. The van der Waals surface area contributed by atoms with Gasteiger partial charge in [-0.05, 0) is 63.1 Å². The van der Waals surface area contributed by atoms with Crippen LogP contribution in [-0.4, -0.2) is 39.0 Å². The van der Waals surface area contributed by atoms with Crippen LogP contribution in [0.25, 0.3) is 11.1 Å². The van der Waals surface area contributed by atoms with Crippen LogP contribution in [0, 0.1) is 19.7 Å². The average Bonchev–Trinajstić information content (AvgIpc) is 3.17. The Kier molecular flexibility index (Phi) is 5.23. The minimum atomic E-state index is -0.506. The molecule has 3 aromatic rings. The number of fused-ring (bicyclic) bond motifs is 3. The van der Waals surface area contributed by atoms with Gasteiger partial charge in [0.1, 0.15) is 11.4 Å². The van der Waals surface area contributed by atoms with Crippen LogP contribution >= 0.6 is 0 Å². The summed E-state index contributed by atoms with van der Waals surface area (Å²) >= 11 is 0. The maximum Gasteiger partial charge on any atom is 0.342 e. The molecule has 6 nitrogen and oxygen atoms in total. The number of hydrogen-bond donors (Lipinski definition) is 1. The lowest BCUT2D eigenvalue weighted by Gasteiger charge is -2.29. The molecule has 7 heteroatoms. The molecule has 1 aliphatic rings. The molecule has 1 N–H and O–H groups in total. The van der Waals surface area contributed by atoms with Crippen molar-refractivity contribution < 1.29 is 18.7 Å². The van der Waals surface area contributed by atoms with Crippen molar-refractivity contribution in [3.63, 3.8) is 0 Å². The van der Waals surface area contributed by atoms with Gasteiger partial charge in [0.15, 0.2) is 0 Å². The van der Waals surface area contributed by atoms with Gasteiger partial charge in [0.05, 0.1) is 17.3 Å². The summed E-state index contributed by atoms with van der Waals surface area (Å²) in [6.07, 6.45) is 3.22. The molecule has 1 amide bonds. The van der Waals surface area contributed by atoms with Crippen LogP contribution in [-0.2, 0) is 14.9 Å². The third kappa shape index (κ3) is 3.72. The van der Waals surface area contributed by atoms with Crippen LogP contribution in [0.15, 0.2) is 36.7 Å². The zero-order chi connectivity index (χ0) is 23.4. The molecule has 0 fully saturated rings. The van der Waals surface area contributed by atoms with Crippen LogP contribution in [0.4, 0.5) is 4.39 Å². The summed E-state index contributed by atoms with van der Waals surface area (Å²) in [6.45, 7) is 11.6. The summed E-state index contributed by atoms with van der Waals surface area (Å²) in [5.74, 6) is -1.17. The van der Waals surface area contributed by atoms with E-state index < -0.39 is 11.4 Å². The number of hydrogen-bond acceptors (Lipinski definition) is 3. The van der Waals surface area contributed by atoms with E-state index in [9.17, 15) is 14.0 Å². The van der Waals surface area contributed by atoms with E-state index in [0.717, 1.165) is 16.6 Å². The van der Waals surface area contributed by atoms with Crippen molar-refractivity contribution in [1.29, 1.82) is 0 Å². The van der Waals surface area contributed by atoms with Crippen molar-refractivity contribution >= 4 is 23.0 Å². The van der Waals surface area contributed by atoms with Crippen LogP contribution < -0.4 is 0 Å². The summed E-state index contributed by atoms with van der Waals surface area (Å²) < 4.78 is 21.2. The van der Waals surface area contributed by atoms with E-state index in [4.69, 9.17) is 4.74 Å². The molecule has 4 rings (SSSR count). The Morgan fingerprint density at radius 1 is 1.19 bits per heavy atom. The van der Waals surface area contributed by atoms with Gasteiger partial charge in [-0.25, -0.2) is 9.18 Å². The largest absolute Gasteiger partial charge is 0.459 e. The zero-order valence-electron chi connectivity index (χ0n) is 19.2. The Bertz CT molecular complexity index is 1260. The number of nitrogens with zero attached hydrogens (tertiary/aromatic N) is 2. The van der Waals surface area contributed by atoms with E-state index in [1.54, 1.807) is 27.0 Å². The number of amides is 1. The summed E-state index contributed by atoms with van der Waals surface area (Å²) in [4.78, 5) is 28.1. The van der Waals surface area contributed by atoms with Crippen LogP contribution in [0.2, 0.25) is 0 Å². The first kappa shape index (κ1) is 21.9. The zero-order valence-corrected chi connectivity index (χ0v) is 19.2. The lowest BCUT2D eigenvalue weighted by atomic mass is 9.82. The summed E-state index contributed by atoms with van der Waals surface area (Å²) in [5, 5.41) is 3.31. The fraction of sp³-hybridized carbons (Fsp3) is 0.360. The van der Waals surface area contributed by atoms with E-state index in [1.807, 2.05) is 31.5 Å². The number of halogens is 1. The van der Waals surface area contributed by atoms with Gasteiger partial charge in [0.25, 0.3) is 5.91 Å². The first-order valence-electron chi connectivity index (χ1n) is 10.7. The highest BCUT2D eigenvalue weighted by molar-refractivity contribution is 6.17. The molecule has 0 radical (unpaired) electrons. The number of aryl methyl sites for hydroxylation is 2. The highest BCUT2D eigenvalue weighted by Crippen LogP contribution is 2.39. The van der Waals surface area contributed by atoms with Gasteiger partial charge in [0, 0.05) is 35.5 Å². The number of aromatic amines is 1. The van der Waals surface area contributed by atoms with E-state index in [-0.39, 0.29) is 23.4 Å². The Hall–Kier alpha value is -3.35. The Labute approximate surface area is 186 Å². The average molecular weight is 438 g/mol. The maximum atomic E-state index is 13.8. The third-order valence-corrected chi connectivity index (χ3v) is 5.72. The molecule has 32 heavy (non-hydrogen) atoms. The number of aromatic nitrogens is 2. The second kappa shape index (κ2) is 7.65. The minimum absolute atomic E-state index is 0.285. The van der Waals surface area contributed by atoms with Gasteiger partial charge >= 0.3 is 5.97 Å². The lowest BCUT2D eigenvalue weighted by Crippen LogP contribution is -2.37. The SMILES string of the molecule is Cc1cc2c3c([nH]n2c1)C(C(=O)OC(C)C)=CN(C(=O)c1ccc(F)c(C)c1)CC3(C)C. The molecule has 168 valence electrons. The highest BCUT2D eigenvalue weighted by Gasteiger charge is 2.38. The Balaban J connectivity index is 1.88. The number of carbonyl (C=O) groups excluding carboxylic acids is 2. The molecule has 1 aromatic carbocycles. The predicted octanol–water partition coefficient (Wildman–Crippen LogP) is 4.75. The van der Waals surface area contributed by atoms with Crippen molar-refractivity contribution in [3.05, 3.63) is 70.4 Å². The van der Waals surface area contributed by atoms with Crippen molar-refractivity contribution in [2.45, 2.75) is 53.1 Å². The summed E-state index contributed by atoms with van der Waals surface area (Å²) in [7, 11) is 0. The topological polar surface area (TPSA) is 66.8 Å². The quantitative estimate of drug-likeness (QED) is 0.602. The number of carbonyl (C=O) groups is 2. The van der Waals surface area contributed by atoms with Crippen LogP contribution in [0.5, 0.6) is 0 Å². The highest BCUT2D eigenvalue weighted by atomic mass is 19.1. The number of ether oxygens (including phenoxy) is 1. The van der Waals surface area contributed by atoms with Gasteiger partial charge in [-0.3, -0.25) is 14.4 Å². The molecule has 2 aromatic heterocycles. The van der Waals surface area contributed by atoms with Gasteiger partial charge in [-0.2, -0.15) is 0 Å². The molecule has 0 spiro atoms. The number of benzene rings is 1. The summed E-state index contributed by atoms with van der Waals surface area (Å²) in [6, 6.07) is 6.35. The van der Waals surface area contributed by atoms with E-state index in [2.05, 4.69) is 11.2 Å². The second-order valence-corrected chi connectivity index (χ2v) is 9.41. The van der Waals surface area contributed by atoms with E-state index in [1.165, 1.54) is 23.1 Å². The molecule has 1 aliphatic heterocycles. The van der Waals surface area contributed by atoms with Crippen molar-refractivity contribution in [3.8, 4) is 0 Å². The van der Waals surface area contributed by atoms with Gasteiger partial charge in [-0.1, -0.05) is 13.8 Å². The fourth-order valence-corrected chi connectivity index (χ4v) is 4.34. The molecular weight excluding hydrogens is 409 g/mol. The molecule has 3 heterocycles. The number of esters is 1. The van der Waals surface area contributed by atoms with Crippen molar-refractivity contribution in [1.82, 2.24) is 14.5 Å². The standard InChI is InChI=1S/C25H28FN3O3/c1-14(2)32-24(31)18-12-28(23(30)17-7-8-19(26)16(4)10-17)13-25(5,6)21-20-9-15(3)11-29(20)27-22(18)21/h7-12,14,27H,13H2,1-6H3. The van der Waals surface area contributed by atoms with Gasteiger partial charge in [-0.15, -0.1) is 0 Å². The number of nitrogens with one attached hydrogen (secondary N) is 1. The minimum Gasteiger partial charge on any atom is -0.459 e. The predicted molar refractivity (Wildman–Crippen MR) is 121 cm³/mol. The maximum absolute atomic E-state index is 13.8. The normalized spacial score (nSPS) is 15.5. The first-order chi connectivity index (χ1) is 15.0. The monoisotopic (exact) mass is 437 g/mol. The number of H-pyrrole nitrogens is 1. The lowest BCUT2D eigenvalue weighted by molar-refractivity contribution is -0.140. The fourth-order valence-electron chi connectivity index (χ4n) is 4.34. The molecule has 0 bridgehead atoms. The first-order valence-corrected chi connectivity index (χ1v) is 10.7. The summed E-state index contributed by atoms with van der Waals surface area (Å²) in [5.41, 5.74) is 4.19. The Morgan fingerprint density at radius 2 is 1.91 bits per heavy atom. The molecule has 0 atom stereocenters. The van der Waals surface area contributed by atoms with Crippen molar-refractivity contribution in [2.24, 2.45) is 0 Å². The van der Waals surface area contributed by atoms with Crippen molar-refractivity contribution in [2.75, 3.05) is 6.54 Å². The van der Waals surface area contributed by atoms with Crippen LogP contribution in [0.3, 0.4) is 0 Å². The van der Waals surface area contributed by atoms with E-state index in [0.29, 0.717) is 23.4 Å².